The number of nitrogens with zero attached hydrogens (tertiary/aromatic N) is 2. The third kappa shape index (κ3) is 2.55. The molecule has 0 amide bonds. The lowest BCUT2D eigenvalue weighted by Crippen LogP contribution is -2.47. The molecular formula is C19H27N3OS. The topological polar surface area (TPSA) is 49.0 Å². The van der Waals surface area contributed by atoms with Crippen molar-refractivity contribution in [3.05, 3.63) is 27.4 Å². The fourth-order valence-electron chi connectivity index (χ4n) is 5.07. The molecule has 1 aromatic heterocycles. The Labute approximate surface area is 147 Å². The number of fused-ring (bicyclic) bond motifs is 2. The molecule has 1 aromatic rings. The van der Waals surface area contributed by atoms with E-state index in [-0.39, 0.29) is 11.0 Å². The van der Waals surface area contributed by atoms with Gasteiger partial charge in [-0.1, -0.05) is 0 Å². The van der Waals surface area contributed by atoms with E-state index in [0.29, 0.717) is 5.92 Å². The molecule has 2 saturated heterocycles. The van der Waals surface area contributed by atoms with E-state index in [2.05, 4.69) is 21.6 Å². The Morgan fingerprint density at radius 3 is 2.54 bits per heavy atom. The average Bonchev–Trinajstić information content (AvgIpc) is 3.41. The van der Waals surface area contributed by atoms with Crippen LogP contribution >= 0.6 is 11.8 Å². The molecule has 4 nitrogen and oxygen atoms in total. The summed E-state index contributed by atoms with van der Waals surface area (Å²) in [6.07, 6.45) is 9.58. The Morgan fingerprint density at radius 2 is 1.83 bits per heavy atom. The van der Waals surface area contributed by atoms with Crippen LogP contribution in [0, 0.1) is 0 Å². The van der Waals surface area contributed by atoms with Crippen molar-refractivity contribution in [2.45, 2.75) is 68.7 Å². The zero-order valence-electron chi connectivity index (χ0n) is 14.4. The maximum absolute atomic E-state index is 12.5. The molecule has 3 fully saturated rings. The number of thioether (sulfide) groups is 1. The molecular weight excluding hydrogens is 318 g/mol. The van der Waals surface area contributed by atoms with E-state index in [1.165, 1.54) is 68.8 Å². The number of aromatic nitrogens is 2. The van der Waals surface area contributed by atoms with E-state index in [0.717, 1.165) is 30.3 Å². The highest BCUT2D eigenvalue weighted by Crippen LogP contribution is 2.46. The van der Waals surface area contributed by atoms with Gasteiger partial charge in [-0.15, -0.1) is 0 Å². The molecule has 1 spiro atoms. The molecule has 5 rings (SSSR count). The highest BCUT2D eigenvalue weighted by molar-refractivity contribution is 7.99. The number of hydrogen-bond donors (Lipinski definition) is 1. The summed E-state index contributed by atoms with van der Waals surface area (Å²) in [6.45, 7) is 2.39. The number of aromatic amines is 1. The van der Waals surface area contributed by atoms with Gasteiger partial charge < -0.3 is 9.88 Å². The third-order valence-corrected chi connectivity index (χ3v) is 7.86. The molecule has 3 heterocycles. The summed E-state index contributed by atoms with van der Waals surface area (Å²) in [4.78, 5) is 23.3. The van der Waals surface area contributed by atoms with Gasteiger partial charge in [-0.25, -0.2) is 4.98 Å². The van der Waals surface area contributed by atoms with Gasteiger partial charge in [-0.05, 0) is 76.0 Å². The van der Waals surface area contributed by atoms with E-state index in [9.17, 15) is 4.79 Å². The number of piperidine rings is 1. The van der Waals surface area contributed by atoms with Crippen LogP contribution in [0.1, 0.15) is 67.9 Å². The van der Waals surface area contributed by atoms with E-state index >= 15 is 0 Å². The van der Waals surface area contributed by atoms with Crippen molar-refractivity contribution in [2.75, 3.05) is 24.6 Å². The van der Waals surface area contributed by atoms with Crippen molar-refractivity contribution in [2.24, 2.45) is 0 Å². The summed E-state index contributed by atoms with van der Waals surface area (Å²) < 4.78 is 0. The van der Waals surface area contributed by atoms with Crippen LogP contribution in [-0.4, -0.2) is 45.5 Å². The minimum absolute atomic E-state index is 0.158. The first-order valence-electron chi connectivity index (χ1n) is 9.71. The summed E-state index contributed by atoms with van der Waals surface area (Å²) in [5.41, 5.74) is 2.55. The fraction of sp³-hybridized carbons (Fsp3) is 0.789. The zero-order chi connectivity index (χ0) is 16.1. The summed E-state index contributed by atoms with van der Waals surface area (Å²) >= 11 is 2.11. The second-order valence-electron chi connectivity index (χ2n) is 8.21. The van der Waals surface area contributed by atoms with Gasteiger partial charge in [-0.2, -0.15) is 11.8 Å². The Hall–Kier alpha value is -0.810. The number of nitrogens with one attached hydrogen (secondary N) is 1. The van der Waals surface area contributed by atoms with Crippen LogP contribution in [0.2, 0.25) is 0 Å². The second kappa shape index (κ2) is 5.87. The van der Waals surface area contributed by atoms with Crippen LogP contribution in [0.25, 0.3) is 0 Å². The molecule has 2 aliphatic carbocycles. The van der Waals surface area contributed by atoms with Gasteiger partial charge >= 0.3 is 0 Å². The highest BCUT2D eigenvalue weighted by atomic mass is 32.2. The molecule has 5 heteroatoms. The minimum Gasteiger partial charge on any atom is -0.310 e. The zero-order valence-corrected chi connectivity index (χ0v) is 15.2. The van der Waals surface area contributed by atoms with Crippen LogP contribution in [0.5, 0.6) is 0 Å². The Morgan fingerprint density at radius 1 is 1.08 bits per heavy atom. The van der Waals surface area contributed by atoms with Gasteiger partial charge in [0.1, 0.15) is 5.82 Å². The maximum atomic E-state index is 12.5. The second-order valence-corrected chi connectivity index (χ2v) is 9.44. The molecule has 4 aliphatic rings. The standard InChI is InChI=1S/C19H27N3OS/c23-18-15-3-6-19(16(15)20-17(21-18)13-1-2-13)7-9-22(10-8-19)14-4-11-24-12-5-14/h13-14H,1-12H2,(H,20,21,23). The molecule has 24 heavy (non-hydrogen) atoms. The molecule has 0 aromatic carbocycles. The molecule has 2 aliphatic heterocycles. The lowest BCUT2D eigenvalue weighted by Gasteiger charge is -2.43. The van der Waals surface area contributed by atoms with Crippen molar-refractivity contribution in [3.8, 4) is 0 Å². The lowest BCUT2D eigenvalue weighted by atomic mass is 9.75. The highest BCUT2D eigenvalue weighted by Gasteiger charge is 2.45. The van der Waals surface area contributed by atoms with E-state index < -0.39 is 0 Å². The lowest BCUT2D eigenvalue weighted by molar-refractivity contribution is 0.107. The summed E-state index contributed by atoms with van der Waals surface area (Å²) in [5.74, 6) is 4.17. The van der Waals surface area contributed by atoms with Crippen molar-refractivity contribution in [1.29, 1.82) is 0 Å². The SMILES string of the molecule is O=c1[nH]c(C2CC2)nc2c1CCC21CCN(C2CCSCC2)CC1. The van der Waals surface area contributed by atoms with Crippen LogP contribution < -0.4 is 5.56 Å². The molecule has 0 unspecified atom stereocenters. The number of H-pyrrole nitrogens is 1. The number of hydrogen-bond acceptors (Lipinski definition) is 4. The summed E-state index contributed by atoms with van der Waals surface area (Å²) in [7, 11) is 0. The van der Waals surface area contributed by atoms with Gasteiger partial charge in [0.25, 0.3) is 5.56 Å². The fourth-order valence-corrected chi connectivity index (χ4v) is 6.15. The molecule has 0 radical (unpaired) electrons. The van der Waals surface area contributed by atoms with Crippen molar-refractivity contribution >= 4 is 11.8 Å². The van der Waals surface area contributed by atoms with Gasteiger partial charge in [-0.3, -0.25) is 4.79 Å². The normalized spacial score (nSPS) is 27.5. The van der Waals surface area contributed by atoms with Crippen molar-refractivity contribution < 1.29 is 0 Å². The van der Waals surface area contributed by atoms with Crippen molar-refractivity contribution in [1.82, 2.24) is 14.9 Å². The average molecular weight is 346 g/mol. The van der Waals surface area contributed by atoms with Crippen LogP contribution in [0.15, 0.2) is 4.79 Å². The summed E-state index contributed by atoms with van der Waals surface area (Å²) in [6, 6.07) is 0.804. The third-order valence-electron chi connectivity index (χ3n) is 6.82. The molecule has 130 valence electrons. The Kier molecular flexibility index (Phi) is 3.78. The number of likely N-dealkylation sites (tertiary alicyclic amines) is 1. The van der Waals surface area contributed by atoms with Crippen LogP contribution in [0.3, 0.4) is 0 Å². The van der Waals surface area contributed by atoms with Crippen molar-refractivity contribution in [3.63, 3.8) is 0 Å². The molecule has 0 atom stereocenters. The van der Waals surface area contributed by atoms with Gasteiger partial charge in [0, 0.05) is 22.9 Å². The van der Waals surface area contributed by atoms with E-state index in [4.69, 9.17) is 4.98 Å². The predicted octanol–water partition coefficient (Wildman–Crippen LogP) is 2.82. The van der Waals surface area contributed by atoms with Gasteiger partial charge in [0.2, 0.25) is 0 Å². The largest absolute Gasteiger partial charge is 0.310 e. The van der Waals surface area contributed by atoms with Crippen LogP contribution in [0.4, 0.5) is 0 Å². The Bertz CT molecular complexity index is 682. The predicted molar refractivity (Wildman–Crippen MR) is 98.0 cm³/mol. The molecule has 0 bridgehead atoms. The van der Waals surface area contributed by atoms with Gasteiger partial charge in [0.05, 0.1) is 5.69 Å². The quantitative estimate of drug-likeness (QED) is 0.895. The van der Waals surface area contributed by atoms with E-state index in [1.54, 1.807) is 0 Å². The monoisotopic (exact) mass is 345 g/mol. The molecule has 1 saturated carbocycles. The van der Waals surface area contributed by atoms with Crippen LogP contribution in [-0.2, 0) is 11.8 Å². The minimum atomic E-state index is 0.158. The van der Waals surface area contributed by atoms with Gasteiger partial charge in [0.15, 0.2) is 0 Å². The smallest absolute Gasteiger partial charge is 0.254 e. The van der Waals surface area contributed by atoms with E-state index in [1.807, 2.05) is 0 Å². The summed E-state index contributed by atoms with van der Waals surface area (Å²) in [5, 5.41) is 0. The first-order valence-corrected chi connectivity index (χ1v) is 10.9. The Balaban J connectivity index is 1.38. The molecule has 1 N–H and O–H groups in total. The first kappa shape index (κ1) is 15.4. The first-order chi connectivity index (χ1) is 11.8. The maximum Gasteiger partial charge on any atom is 0.254 e. The number of rotatable bonds is 2.